The fourth-order valence-electron chi connectivity index (χ4n) is 4.82. The first-order valence-electron chi connectivity index (χ1n) is 10.2. The third-order valence-electron chi connectivity index (χ3n) is 6.30. The van der Waals surface area contributed by atoms with Gasteiger partial charge in [0.2, 0.25) is 0 Å². The fraction of sp³-hybridized carbons (Fsp3) is 0.304. The van der Waals surface area contributed by atoms with Crippen molar-refractivity contribution >= 4 is 17.7 Å². The second-order valence-electron chi connectivity index (χ2n) is 8.22. The van der Waals surface area contributed by atoms with Crippen molar-refractivity contribution in [1.82, 2.24) is 19.9 Å². The number of amides is 3. The number of Topliss-reactive ketones (excluding diaryl/α,β-unsaturated/α-hetero) is 1. The Balaban J connectivity index is 1.43. The first kappa shape index (κ1) is 19.3. The smallest absolute Gasteiger partial charge is 0.325 e. The van der Waals surface area contributed by atoms with Gasteiger partial charge < -0.3 is 9.84 Å². The van der Waals surface area contributed by atoms with Gasteiger partial charge in [0.25, 0.3) is 5.91 Å². The summed E-state index contributed by atoms with van der Waals surface area (Å²) in [7, 11) is 0. The Morgan fingerprint density at radius 1 is 1.19 bits per heavy atom. The highest BCUT2D eigenvalue weighted by Crippen LogP contribution is 2.41. The van der Waals surface area contributed by atoms with Crippen LogP contribution in [-0.2, 0) is 16.8 Å². The van der Waals surface area contributed by atoms with Gasteiger partial charge in [-0.2, -0.15) is 0 Å². The van der Waals surface area contributed by atoms with Crippen molar-refractivity contribution in [2.75, 3.05) is 6.54 Å². The van der Waals surface area contributed by atoms with Gasteiger partial charge in [0, 0.05) is 23.0 Å². The number of nitrogens with one attached hydrogen (secondary N) is 1. The molecule has 1 fully saturated rings. The number of carbonyl (C=O) groups excluding carboxylic acids is 3. The standard InChI is InChI=1S/C23H22N4O4/c1-13-10-17(15(3)27(13)20-11-14(2)31-25-20)19(28)12-26-21(29)23(24-22(26)30)9-8-16-6-4-5-7-18(16)23/h4-7,10-11H,8-9,12H2,1-3H3,(H,24,30)/t23-/m1/s1. The number of hydrogen-bond donors (Lipinski definition) is 1. The van der Waals surface area contributed by atoms with Crippen LogP contribution in [0.15, 0.2) is 40.9 Å². The molecule has 0 saturated carbocycles. The molecule has 1 aromatic carbocycles. The molecule has 3 amide bonds. The van der Waals surface area contributed by atoms with Crippen molar-refractivity contribution < 1.29 is 18.9 Å². The molecule has 3 heterocycles. The minimum atomic E-state index is -1.07. The van der Waals surface area contributed by atoms with Gasteiger partial charge in [-0.25, -0.2) is 4.79 Å². The molecule has 8 nitrogen and oxygen atoms in total. The lowest BCUT2D eigenvalue weighted by atomic mass is 9.92. The van der Waals surface area contributed by atoms with Crippen molar-refractivity contribution in [1.29, 1.82) is 0 Å². The van der Waals surface area contributed by atoms with Gasteiger partial charge in [0.1, 0.15) is 11.3 Å². The maximum atomic E-state index is 13.3. The molecule has 8 heteroatoms. The minimum absolute atomic E-state index is 0.300. The lowest BCUT2D eigenvalue weighted by Gasteiger charge is -2.22. The summed E-state index contributed by atoms with van der Waals surface area (Å²) in [6.07, 6.45) is 1.21. The lowest BCUT2D eigenvalue weighted by Crippen LogP contribution is -2.42. The first-order chi connectivity index (χ1) is 14.8. The van der Waals surface area contributed by atoms with Crippen molar-refractivity contribution in [3.63, 3.8) is 0 Å². The third kappa shape index (κ3) is 2.74. The molecule has 0 unspecified atom stereocenters. The van der Waals surface area contributed by atoms with Gasteiger partial charge in [0.05, 0.1) is 6.54 Å². The fourth-order valence-corrected chi connectivity index (χ4v) is 4.82. The predicted octanol–water partition coefficient (Wildman–Crippen LogP) is 2.97. The predicted molar refractivity (Wildman–Crippen MR) is 111 cm³/mol. The molecule has 2 aromatic heterocycles. The molecule has 1 saturated heterocycles. The van der Waals surface area contributed by atoms with E-state index >= 15 is 0 Å². The number of ketones is 1. The topological polar surface area (TPSA) is 97.4 Å². The molecule has 5 rings (SSSR count). The van der Waals surface area contributed by atoms with Crippen LogP contribution in [0.2, 0.25) is 0 Å². The summed E-state index contributed by atoms with van der Waals surface area (Å²) in [6.45, 7) is 5.17. The Bertz CT molecular complexity index is 1250. The van der Waals surface area contributed by atoms with Crippen LogP contribution in [0, 0.1) is 20.8 Å². The number of imide groups is 1. The zero-order chi connectivity index (χ0) is 21.9. The average molecular weight is 418 g/mol. The minimum Gasteiger partial charge on any atom is -0.360 e. The number of urea groups is 1. The quantitative estimate of drug-likeness (QED) is 0.519. The number of aryl methyl sites for hydroxylation is 3. The van der Waals surface area contributed by atoms with Crippen LogP contribution in [0.1, 0.15) is 45.1 Å². The number of hydrogen-bond acceptors (Lipinski definition) is 5. The normalized spacial score (nSPS) is 19.9. The van der Waals surface area contributed by atoms with Crippen LogP contribution in [0.4, 0.5) is 4.79 Å². The molecule has 1 spiro atoms. The summed E-state index contributed by atoms with van der Waals surface area (Å²) < 4.78 is 6.98. The van der Waals surface area contributed by atoms with E-state index in [1.807, 2.05) is 42.7 Å². The van der Waals surface area contributed by atoms with Crippen molar-refractivity contribution in [2.24, 2.45) is 0 Å². The highest BCUT2D eigenvalue weighted by atomic mass is 16.5. The van der Waals surface area contributed by atoms with E-state index in [1.165, 1.54) is 0 Å². The van der Waals surface area contributed by atoms with E-state index in [4.69, 9.17) is 4.52 Å². The molecule has 0 bridgehead atoms. The van der Waals surface area contributed by atoms with Crippen molar-refractivity contribution in [3.05, 3.63) is 70.2 Å². The van der Waals surface area contributed by atoms with Crippen molar-refractivity contribution in [2.45, 2.75) is 39.2 Å². The van der Waals surface area contributed by atoms with E-state index in [0.29, 0.717) is 35.7 Å². The molecule has 1 aliphatic heterocycles. The van der Waals surface area contributed by atoms with E-state index < -0.39 is 11.6 Å². The van der Waals surface area contributed by atoms with E-state index in [1.54, 1.807) is 19.1 Å². The maximum Gasteiger partial charge on any atom is 0.325 e. The second-order valence-corrected chi connectivity index (χ2v) is 8.22. The van der Waals surface area contributed by atoms with E-state index in [-0.39, 0.29) is 18.2 Å². The number of benzene rings is 1. The van der Waals surface area contributed by atoms with Gasteiger partial charge in [-0.1, -0.05) is 29.4 Å². The second kappa shape index (κ2) is 6.66. The molecule has 158 valence electrons. The molecule has 1 aliphatic carbocycles. The summed E-state index contributed by atoms with van der Waals surface area (Å²) in [5, 5.41) is 6.88. The molecule has 3 aromatic rings. The monoisotopic (exact) mass is 418 g/mol. The van der Waals surface area contributed by atoms with Gasteiger partial charge in [-0.15, -0.1) is 0 Å². The van der Waals surface area contributed by atoms with E-state index in [0.717, 1.165) is 21.7 Å². The Kier molecular flexibility index (Phi) is 4.15. The van der Waals surface area contributed by atoms with Crippen LogP contribution in [-0.4, -0.2) is 38.9 Å². The zero-order valence-electron chi connectivity index (χ0n) is 17.6. The van der Waals surface area contributed by atoms with Crippen LogP contribution in [0.3, 0.4) is 0 Å². The summed E-state index contributed by atoms with van der Waals surface area (Å²) in [4.78, 5) is 40.2. The summed E-state index contributed by atoms with van der Waals surface area (Å²) in [6, 6.07) is 10.6. The Labute approximate surface area is 178 Å². The number of fused-ring (bicyclic) bond motifs is 2. The van der Waals surface area contributed by atoms with Crippen molar-refractivity contribution in [3.8, 4) is 5.82 Å². The Morgan fingerprint density at radius 2 is 1.97 bits per heavy atom. The van der Waals surface area contributed by atoms with Crippen LogP contribution >= 0.6 is 0 Å². The summed E-state index contributed by atoms with van der Waals surface area (Å²) in [5.41, 5.74) is 2.75. The molecule has 1 atom stereocenters. The van der Waals surface area contributed by atoms with E-state index in [9.17, 15) is 14.4 Å². The molecular formula is C23H22N4O4. The van der Waals surface area contributed by atoms with E-state index in [2.05, 4.69) is 10.5 Å². The SMILES string of the molecule is Cc1cc(-n2c(C)cc(C(=O)CN3C(=O)N[C@@]4(CCc5ccccc54)C3=O)c2C)no1. The van der Waals surface area contributed by atoms with Gasteiger partial charge in [-0.05, 0) is 50.8 Å². The number of aromatic nitrogens is 2. The zero-order valence-corrected chi connectivity index (χ0v) is 17.6. The summed E-state index contributed by atoms with van der Waals surface area (Å²) >= 11 is 0. The third-order valence-corrected chi connectivity index (χ3v) is 6.30. The number of nitrogens with zero attached hydrogens (tertiary/aromatic N) is 3. The Morgan fingerprint density at radius 3 is 2.71 bits per heavy atom. The molecule has 1 N–H and O–H groups in total. The van der Waals surface area contributed by atoms with Crippen LogP contribution in [0.25, 0.3) is 5.82 Å². The summed E-state index contributed by atoms with van der Waals surface area (Å²) in [5.74, 6) is 0.586. The largest absolute Gasteiger partial charge is 0.360 e. The maximum absolute atomic E-state index is 13.3. The van der Waals surface area contributed by atoms with Crippen LogP contribution < -0.4 is 5.32 Å². The van der Waals surface area contributed by atoms with Gasteiger partial charge >= 0.3 is 6.03 Å². The van der Waals surface area contributed by atoms with Gasteiger partial charge in [0.15, 0.2) is 11.6 Å². The number of rotatable bonds is 4. The van der Waals surface area contributed by atoms with Gasteiger partial charge in [-0.3, -0.25) is 19.1 Å². The molecular weight excluding hydrogens is 396 g/mol. The highest BCUT2D eigenvalue weighted by Gasteiger charge is 2.55. The molecule has 31 heavy (non-hydrogen) atoms. The Hall–Kier alpha value is -3.68. The molecule has 0 radical (unpaired) electrons. The lowest BCUT2D eigenvalue weighted by molar-refractivity contribution is -0.131. The molecule has 2 aliphatic rings. The first-order valence-corrected chi connectivity index (χ1v) is 10.2. The highest BCUT2D eigenvalue weighted by molar-refractivity contribution is 6.12. The number of carbonyl (C=O) groups is 3. The average Bonchev–Trinajstić information content (AvgIpc) is 3.46. The van der Waals surface area contributed by atoms with Crippen LogP contribution in [0.5, 0.6) is 0 Å².